The van der Waals surface area contributed by atoms with E-state index in [9.17, 15) is 25.9 Å². The van der Waals surface area contributed by atoms with Crippen LogP contribution in [0.15, 0.2) is 164 Å². The summed E-state index contributed by atoms with van der Waals surface area (Å²) in [5.41, 5.74) is 13.1. The molecule has 0 saturated heterocycles. The number of halogens is 2. The van der Waals surface area contributed by atoms with Crippen LogP contribution < -0.4 is 9.80 Å². The predicted molar refractivity (Wildman–Crippen MR) is 291 cm³/mol. The van der Waals surface area contributed by atoms with Gasteiger partial charge in [-0.25, -0.2) is 16.8 Å². The fourth-order valence-electron chi connectivity index (χ4n) is 9.89. The second kappa shape index (κ2) is 20.9. The lowest BCUT2D eigenvalue weighted by molar-refractivity contribution is -0.431. The summed E-state index contributed by atoms with van der Waals surface area (Å²) in [4.78, 5) is 3.66. The van der Waals surface area contributed by atoms with Crippen LogP contribution in [0.2, 0.25) is 0 Å². The fraction of sp³-hybridized carbons (Fsp3) is 0.214. The molecule has 8 aromatic carbocycles. The second-order valence-electron chi connectivity index (χ2n) is 16.7. The van der Waals surface area contributed by atoms with Gasteiger partial charge in [0.05, 0.1) is 31.7 Å². The molecule has 0 radical (unpaired) electrons. The van der Waals surface area contributed by atoms with Crippen molar-refractivity contribution in [2.24, 2.45) is 0 Å². The van der Waals surface area contributed by atoms with Crippen LogP contribution in [0.4, 0.5) is 22.7 Å². The van der Waals surface area contributed by atoms with Crippen molar-refractivity contribution in [1.82, 2.24) is 0 Å². The average molecular weight is 1100 g/mol. The van der Waals surface area contributed by atoms with Gasteiger partial charge in [0.15, 0.2) is 0 Å². The highest BCUT2D eigenvalue weighted by atomic mass is 79.9. The van der Waals surface area contributed by atoms with E-state index in [1.807, 2.05) is 0 Å². The Hall–Kier alpha value is -5.74. The Bertz CT molecular complexity index is 3350. The molecule has 2 aliphatic heterocycles. The zero-order valence-electron chi connectivity index (χ0n) is 39.9. The van der Waals surface area contributed by atoms with Crippen LogP contribution in [-0.2, 0) is 20.2 Å². The fourth-order valence-corrected chi connectivity index (χ4v) is 12.2. The molecule has 0 unspecified atom stereocenters. The minimum absolute atomic E-state index is 0.0792. The van der Waals surface area contributed by atoms with Crippen LogP contribution in [-0.4, -0.2) is 85.8 Å². The summed E-state index contributed by atoms with van der Waals surface area (Å²) in [6.07, 6.45) is 0. The summed E-state index contributed by atoms with van der Waals surface area (Å²) in [6.45, 7) is 19.3. The van der Waals surface area contributed by atoms with E-state index in [-0.39, 0.29) is 10.8 Å². The lowest BCUT2D eigenvalue weighted by Gasteiger charge is -2.21. The van der Waals surface area contributed by atoms with Crippen molar-refractivity contribution >= 4 is 119 Å². The maximum Gasteiger partial charge on any atom is 0.221 e. The number of fused-ring (bicyclic) bond motifs is 1. The van der Waals surface area contributed by atoms with Crippen molar-refractivity contribution in [3.63, 3.8) is 0 Å². The van der Waals surface area contributed by atoms with Crippen LogP contribution in [0, 0.1) is 0 Å². The van der Waals surface area contributed by atoms with Crippen LogP contribution in [0.3, 0.4) is 0 Å². The molecule has 0 amide bonds. The van der Waals surface area contributed by atoms with Crippen LogP contribution in [0.25, 0.3) is 32.3 Å². The molecule has 10 rings (SSSR count). The van der Waals surface area contributed by atoms with Gasteiger partial charge in [-0.1, -0.05) is 80.4 Å². The molecular formula is C56H54Br2N4O6S2. The molecule has 2 aliphatic rings. The molecule has 0 bridgehead atoms. The summed E-state index contributed by atoms with van der Waals surface area (Å²) in [5, 5.41) is 5.12. The Kier molecular flexibility index (Phi) is 15.1. The van der Waals surface area contributed by atoms with Gasteiger partial charge < -0.3 is 18.9 Å². The number of anilines is 2. The van der Waals surface area contributed by atoms with Crippen molar-refractivity contribution in [2.45, 2.75) is 51.3 Å². The highest BCUT2D eigenvalue weighted by Gasteiger charge is 2.34. The smallest absolute Gasteiger partial charge is 0.221 e. The number of rotatable bonds is 12. The molecule has 0 N–H and O–H groups in total. The van der Waals surface area contributed by atoms with E-state index in [1.54, 1.807) is 0 Å². The van der Waals surface area contributed by atoms with Crippen molar-refractivity contribution in [2.75, 3.05) is 49.1 Å². The van der Waals surface area contributed by atoms with Crippen molar-refractivity contribution < 1.29 is 35.1 Å². The predicted octanol–water partition coefficient (Wildman–Crippen LogP) is 12.6. The maximum absolute atomic E-state index is 11.0. The van der Waals surface area contributed by atoms with Gasteiger partial charge in [-0.3, -0.25) is 0 Å². The minimum Gasteiger partial charge on any atom is -0.744 e. The zero-order chi connectivity index (χ0) is 50.1. The molecule has 8 aromatic rings. The highest BCUT2D eigenvalue weighted by Crippen LogP contribution is 2.42. The van der Waals surface area contributed by atoms with Gasteiger partial charge >= 0.3 is 0 Å². The van der Waals surface area contributed by atoms with E-state index in [4.69, 9.17) is 0 Å². The first-order valence-electron chi connectivity index (χ1n) is 23.5. The van der Waals surface area contributed by atoms with E-state index >= 15 is 0 Å². The Morgan fingerprint density at radius 3 is 1.07 bits per heavy atom. The van der Waals surface area contributed by atoms with Crippen molar-refractivity contribution in [1.29, 1.82) is 0 Å². The Labute approximate surface area is 428 Å². The first kappa shape index (κ1) is 50.6. The third-order valence-corrected chi connectivity index (χ3v) is 16.3. The molecular weight excluding hydrogens is 1050 g/mol. The lowest BCUT2D eigenvalue weighted by atomic mass is 9.98. The number of hydrogen-bond acceptors (Lipinski definition) is 8. The Balaban J connectivity index is 0.000000144. The lowest BCUT2D eigenvalue weighted by Crippen LogP contribution is -2.22. The first-order chi connectivity index (χ1) is 33.6. The summed E-state index contributed by atoms with van der Waals surface area (Å²) < 4.78 is 73.3. The standard InChI is InChI=1S/2C23H24BrN2.C10H8O6S2/c2*1-4-25(5-2)17-12-10-16(11-13-17)23-19-9-7-8-18-20(24)14-15-21(22(18)19)26(23)6-3;11-17(12,13)9-5-1-3-7-8(9)4-2-6-10(7)18(14,15)16/h2*7-15H,4-6H2,1-3H3;1-6H,(H,11,12,13)(H,14,15,16)/q2*+1;/p-2. The number of hydrogen-bond donors (Lipinski definition) is 0. The van der Waals surface area contributed by atoms with Gasteiger partial charge in [0.25, 0.3) is 0 Å². The Morgan fingerprint density at radius 1 is 0.429 bits per heavy atom. The summed E-state index contributed by atoms with van der Waals surface area (Å²) >= 11 is 7.44. The molecule has 0 saturated carbocycles. The molecule has 14 heteroatoms. The van der Waals surface area contributed by atoms with E-state index < -0.39 is 30.0 Å². The third kappa shape index (κ3) is 9.57. The van der Waals surface area contributed by atoms with Crippen LogP contribution >= 0.6 is 31.9 Å². The maximum atomic E-state index is 11.0. The molecule has 0 fully saturated rings. The molecule has 10 nitrogen and oxygen atoms in total. The Morgan fingerprint density at radius 2 is 0.757 bits per heavy atom. The highest BCUT2D eigenvalue weighted by molar-refractivity contribution is 9.11. The summed E-state index contributed by atoms with van der Waals surface area (Å²) in [5.74, 6) is 0. The monoisotopic (exact) mass is 1100 g/mol. The third-order valence-electron chi connectivity index (χ3n) is 13.1. The van der Waals surface area contributed by atoms with Gasteiger partial charge in [-0.15, -0.1) is 0 Å². The van der Waals surface area contributed by atoms with E-state index in [1.165, 1.54) is 102 Å². The zero-order valence-corrected chi connectivity index (χ0v) is 44.7. The minimum atomic E-state index is -4.74. The summed E-state index contributed by atoms with van der Waals surface area (Å²) in [7, 11) is -9.48. The number of benzene rings is 8. The largest absolute Gasteiger partial charge is 0.744 e. The normalized spacial score (nSPS) is 12.9. The quantitative estimate of drug-likeness (QED) is 0.0874. The topological polar surface area (TPSA) is 127 Å². The van der Waals surface area contributed by atoms with Crippen molar-refractivity contribution in [3.05, 3.63) is 177 Å². The van der Waals surface area contributed by atoms with E-state index in [0.29, 0.717) is 0 Å². The average Bonchev–Trinajstić information content (AvgIpc) is 3.87. The molecule has 0 atom stereocenters. The summed E-state index contributed by atoms with van der Waals surface area (Å²) in [6, 6.07) is 47.2. The van der Waals surface area contributed by atoms with Crippen molar-refractivity contribution in [3.8, 4) is 0 Å². The first-order valence-corrected chi connectivity index (χ1v) is 27.9. The molecule has 0 aliphatic carbocycles. The van der Waals surface area contributed by atoms with Crippen LogP contribution in [0.5, 0.6) is 0 Å². The number of nitrogens with zero attached hydrogens (tertiary/aromatic N) is 4. The SMILES string of the molecule is CCN(CC)c1ccc(C2=[N+](CC)c3ccc(Br)c4cccc2c34)cc1.CCN(CC)c1ccc(C2=[N+](CC)c3ccc(Br)c4cccc2c34)cc1.O=S(=O)([O-])c1cccc2c(S(=O)(=O)[O-])cccc12. The van der Waals surface area contributed by atoms with E-state index in [0.717, 1.165) is 60.3 Å². The molecule has 360 valence electrons. The van der Waals surface area contributed by atoms with Gasteiger partial charge in [-0.05, 0) is 126 Å². The van der Waals surface area contributed by atoms with Gasteiger partial charge in [0.1, 0.15) is 33.3 Å². The molecule has 0 spiro atoms. The van der Waals surface area contributed by atoms with Crippen LogP contribution in [0.1, 0.15) is 63.8 Å². The second-order valence-corrected chi connectivity index (χ2v) is 21.1. The van der Waals surface area contributed by atoms with Gasteiger partial charge in [-0.2, -0.15) is 9.15 Å². The van der Waals surface area contributed by atoms with Gasteiger partial charge in [0.2, 0.25) is 22.8 Å². The molecule has 0 aromatic heterocycles. The molecule has 2 heterocycles. The van der Waals surface area contributed by atoms with E-state index in [2.05, 4.69) is 202 Å². The molecule has 70 heavy (non-hydrogen) atoms. The van der Waals surface area contributed by atoms with Gasteiger partial charge in [0, 0.05) is 91.3 Å².